The molecule has 0 aromatic rings. The van der Waals surface area contributed by atoms with Crippen LogP contribution >= 0.6 is 0 Å². The second-order valence-corrected chi connectivity index (χ2v) is 6.54. The molecule has 1 aliphatic heterocycles. The molecule has 0 aromatic heterocycles. The highest BCUT2D eigenvalue weighted by molar-refractivity contribution is 4.84. The van der Waals surface area contributed by atoms with Crippen LogP contribution in [0.25, 0.3) is 0 Å². The topological polar surface area (TPSA) is 15.3 Å². The van der Waals surface area contributed by atoms with Gasteiger partial charge < -0.3 is 10.2 Å². The molecule has 17 heavy (non-hydrogen) atoms. The zero-order valence-electron chi connectivity index (χ0n) is 12.2. The van der Waals surface area contributed by atoms with E-state index >= 15 is 0 Å². The smallest absolute Gasteiger partial charge is 0.0155 e. The number of nitrogens with zero attached hydrogens (tertiary/aromatic N) is 1. The minimum Gasteiger partial charge on any atom is -0.389 e. The van der Waals surface area contributed by atoms with Crippen LogP contribution in [0.3, 0.4) is 0 Å². The maximum Gasteiger partial charge on any atom is 0.0155 e. The predicted octanol–water partition coefficient (Wildman–Crippen LogP) is 3.26. The monoisotopic (exact) mass is 238 g/mol. The van der Waals surface area contributed by atoms with E-state index in [2.05, 4.69) is 37.6 Å². The average molecular weight is 238 g/mol. The van der Waals surface area contributed by atoms with Crippen molar-refractivity contribution in [1.82, 2.24) is 10.2 Å². The molecule has 0 amide bonds. The van der Waals surface area contributed by atoms with Crippen LogP contribution in [0, 0.1) is 11.3 Å². The quantitative estimate of drug-likeness (QED) is 0.740. The minimum absolute atomic E-state index is 0.494. The summed E-state index contributed by atoms with van der Waals surface area (Å²) in [5.41, 5.74) is 1.57. The number of rotatable bonds is 5. The Bertz CT molecular complexity index is 232. The maximum absolute atomic E-state index is 3.85. The first-order valence-corrected chi connectivity index (χ1v) is 7.01. The van der Waals surface area contributed by atoms with Gasteiger partial charge in [-0.15, -0.1) is 0 Å². The van der Waals surface area contributed by atoms with Gasteiger partial charge in [0.2, 0.25) is 0 Å². The molecule has 0 radical (unpaired) electrons. The lowest BCUT2D eigenvalue weighted by molar-refractivity contribution is 0.112. The molecule has 100 valence electrons. The number of allylic oxidation sites excluding steroid dienone is 1. The SMILES string of the molecule is C=C(C)NCCCN1CCC(C(C)(C)C)CC1. The molecule has 0 bridgehead atoms. The summed E-state index contributed by atoms with van der Waals surface area (Å²) in [5.74, 6) is 0.910. The van der Waals surface area contributed by atoms with Gasteiger partial charge in [-0.25, -0.2) is 0 Å². The lowest BCUT2D eigenvalue weighted by Gasteiger charge is -2.38. The fraction of sp³-hybridized carbons (Fsp3) is 0.867. The molecule has 1 fully saturated rings. The first-order chi connectivity index (χ1) is 7.89. The lowest BCUT2D eigenvalue weighted by Crippen LogP contribution is -2.39. The minimum atomic E-state index is 0.494. The van der Waals surface area contributed by atoms with E-state index in [9.17, 15) is 0 Å². The Morgan fingerprint density at radius 3 is 2.35 bits per heavy atom. The van der Waals surface area contributed by atoms with E-state index in [0.29, 0.717) is 5.41 Å². The second kappa shape index (κ2) is 6.44. The van der Waals surface area contributed by atoms with Crippen molar-refractivity contribution in [1.29, 1.82) is 0 Å². The van der Waals surface area contributed by atoms with Gasteiger partial charge in [-0.3, -0.25) is 0 Å². The third-order valence-corrected chi connectivity index (χ3v) is 3.89. The van der Waals surface area contributed by atoms with Gasteiger partial charge in [0.05, 0.1) is 0 Å². The summed E-state index contributed by atoms with van der Waals surface area (Å²) in [6.45, 7) is 17.9. The molecule has 0 saturated carbocycles. The van der Waals surface area contributed by atoms with Crippen LogP contribution in [0.4, 0.5) is 0 Å². The van der Waals surface area contributed by atoms with Crippen molar-refractivity contribution in [3.63, 3.8) is 0 Å². The third kappa shape index (κ3) is 5.58. The lowest BCUT2D eigenvalue weighted by atomic mass is 9.75. The van der Waals surface area contributed by atoms with Crippen molar-refractivity contribution in [2.45, 2.75) is 47.0 Å². The summed E-state index contributed by atoms with van der Waals surface area (Å²) in [5, 5.41) is 3.30. The Morgan fingerprint density at radius 1 is 1.29 bits per heavy atom. The van der Waals surface area contributed by atoms with E-state index in [1.54, 1.807) is 0 Å². The average Bonchev–Trinajstić information content (AvgIpc) is 2.23. The van der Waals surface area contributed by atoms with Gasteiger partial charge >= 0.3 is 0 Å². The zero-order valence-corrected chi connectivity index (χ0v) is 12.2. The normalized spacial score (nSPS) is 19.3. The summed E-state index contributed by atoms with van der Waals surface area (Å²) >= 11 is 0. The van der Waals surface area contributed by atoms with Crippen LogP contribution in [0.5, 0.6) is 0 Å². The molecule has 1 N–H and O–H groups in total. The van der Waals surface area contributed by atoms with E-state index in [-0.39, 0.29) is 0 Å². The highest BCUT2D eigenvalue weighted by Crippen LogP contribution is 2.34. The number of hydrogen-bond acceptors (Lipinski definition) is 2. The summed E-state index contributed by atoms with van der Waals surface area (Å²) in [7, 11) is 0. The zero-order chi connectivity index (χ0) is 12.9. The van der Waals surface area contributed by atoms with E-state index < -0.39 is 0 Å². The van der Waals surface area contributed by atoms with Crippen LogP contribution in [0.2, 0.25) is 0 Å². The number of likely N-dealkylation sites (tertiary alicyclic amines) is 1. The van der Waals surface area contributed by atoms with Crippen molar-refractivity contribution in [2.24, 2.45) is 11.3 Å². The summed E-state index contributed by atoms with van der Waals surface area (Å²) in [6, 6.07) is 0. The molecular formula is C15H30N2. The largest absolute Gasteiger partial charge is 0.389 e. The fourth-order valence-corrected chi connectivity index (χ4v) is 2.63. The number of hydrogen-bond donors (Lipinski definition) is 1. The van der Waals surface area contributed by atoms with E-state index in [0.717, 1.165) is 18.2 Å². The Labute approximate surface area is 107 Å². The van der Waals surface area contributed by atoms with Gasteiger partial charge in [0.15, 0.2) is 0 Å². The Kier molecular flexibility index (Phi) is 5.51. The molecule has 0 aliphatic carbocycles. The highest BCUT2D eigenvalue weighted by atomic mass is 15.1. The molecule has 0 spiro atoms. The van der Waals surface area contributed by atoms with E-state index in [1.807, 2.05) is 6.92 Å². The summed E-state index contributed by atoms with van der Waals surface area (Å²) in [4.78, 5) is 2.61. The third-order valence-electron chi connectivity index (χ3n) is 3.89. The molecular weight excluding hydrogens is 208 g/mol. The number of piperidine rings is 1. The van der Waals surface area contributed by atoms with Crippen LogP contribution < -0.4 is 5.32 Å². The molecule has 0 atom stereocenters. The van der Waals surface area contributed by atoms with Gasteiger partial charge in [-0.1, -0.05) is 27.4 Å². The van der Waals surface area contributed by atoms with Crippen LogP contribution in [-0.2, 0) is 0 Å². The van der Waals surface area contributed by atoms with Gasteiger partial charge in [0, 0.05) is 12.2 Å². The van der Waals surface area contributed by atoms with Crippen molar-refractivity contribution >= 4 is 0 Å². The molecule has 1 rings (SSSR count). The molecule has 1 aliphatic rings. The molecule has 2 heteroatoms. The summed E-state index contributed by atoms with van der Waals surface area (Å²) in [6.07, 6.45) is 3.97. The Morgan fingerprint density at radius 2 is 1.88 bits per heavy atom. The van der Waals surface area contributed by atoms with E-state index in [1.165, 1.54) is 38.9 Å². The fourth-order valence-electron chi connectivity index (χ4n) is 2.63. The van der Waals surface area contributed by atoms with Crippen LogP contribution in [0.15, 0.2) is 12.3 Å². The molecule has 1 heterocycles. The van der Waals surface area contributed by atoms with E-state index in [4.69, 9.17) is 0 Å². The Balaban J connectivity index is 2.13. The van der Waals surface area contributed by atoms with Crippen molar-refractivity contribution < 1.29 is 0 Å². The molecule has 2 nitrogen and oxygen atoms in total. The van der Waals surface area contributed by atoms with Gasteiger partial charge in [0.25, 0.3) is 0 Å². The molecule has 1 saturated heterocycles. The van der Waals surface area contributed by atoms with Crippen molar-refractivity contribution in [2.75, 3.05) is 26.2 Å². The van der Waals surface area contributed by atoms with Gasteiger partial charge in [-0.05, 0) is 57.2 Å². The van der Waals surface area contributed by atoms with Gasteiger partial charge in [0.1, 0.15) is 0 Å². The standard InChI is InChI=1S/C15H30N2/c1-13(2)16-9-6-10-17-11-7-14(8-12-17)15(3,4)5/h14,16H,1,6-12H2,2-5H3. The summed E-state index contributed by atoms with van der Waals surface area (Å²) < 4.78 is 0. The highest BCUT2D eigenvalue weighted by Gasteiger charge is 2.28. The molecule has 0 unspecified atom stereocenters. The Hall–Kier alpha value is -0.500. The first kappa shape index (κ1) is 14.6. The maximum atomic E-state index is 3.85. The number of nitrogens with one attached hydrogen (secondary N) is 1. The second-order valence-electron chi connectivity index (χ2n) is 6.54. The van der Waals surface area contributed by atoms with Crippen molar-refractivity contribution in [3.05, 3.63) is 12.3 Å². The predicted molar refractivity (Wildman–Crippen MR) is 76.1 cm³/mol. The van der Waals surface area contributed by atoms with Gasteiger partial charge in [-0.2, -0.15) is 0 Å². The van der Waals surface area contributed by atoms with Crippen molar-refractivity contribution in [3.8, 4) is 0 Å². The molecule has 0 aromatic carbocycles. The van der Waals surface area contributed by atoms with Crippen LogP contribution in [0.1, 0.15) is 47.0 Å². The first-order valence-electron chi connectivity index (χ1n) is 7.01. The van der Waals surface area contributed by atoms with Crippen LogP contribution in [-0.4, -0.2) is 31.1 Å².